The van der Waals surface area contributed by atoms with Crippen LogP contribution in [0.3, 0.4) is 0 Å². The summed E-state index contributed by atoms with van der Waals surface area (Å²) in [5, 5.41) is 2.89. The topological polar surface area (TPSA) is 61.9 Å². The van der Waals surface area contributed by atoms with Gasteiger partial charge in [0.1, 0.15) is 0 Å². The van der Waals surface area contributed by atoms with E-state index in [1.54, 1.807) is 4.90 Å². The number of nitrogens with one attached hydrogen (secondary N) is 1. The maximum absolute atomic E-state index is 11.4. The van der Waals surface area contributed by atoms with Crippen LogP contribution >= 0.6 is 0 Å². The van der Waals surface area contributed by atoms with Gasteiger partial charge in [-0.15, -0.1) is 0 Å². The van der Waals surface area contributed by atoms with Gasteiger partial charge in [0.25, 0.3) is 0 Å². The van der Waals surface area contributed by atoms with E-state index in [9.17, 15) is 9.59 Å². The Morgan fingerprint density at radius 1 is 1.22 bits per heavy atom. The third kappa shape index (κ3) is 4.52. The van der Waals surface area contributed by atoms with Crippen LogP contribution in [0, 0.1) is 5.92 Å². The molecule has 104 valence electrons. The monoisotopic (exact) mass is 257 g/mol. The van der Waals surface area contributed by atoms with Crippen molar-refractivity contribution in [2.75, 3.05) is 46.4 Å². The number of hydrogen-bond donors (Lipinski definition) is 1. The largest absolute Gasteiger partial charge is 0.453 e. The van der Waals surface area contributed by atoms with Gasteiger partial charge in [-0.2, -0.15) is 0 Å². The van der Waals surface area contributed by atoms with Crippen LogP contribution in [0.1, 0.15) is 13.8 Å². The predicted octanol–water partition coefficient (Wildman–Crippen LogP) is 0.143. The second-order valence-electron chi connectivity index (χ2n) is 4.74. The van der Waals surface area contributed by atoms with E-state index in [0.29, 0.717) is 19.6 Å². The molecule has 6 heteroatoms. The number of rotatable bonds is 4. The van der Waals surface area contributed by atoms with Crippen LogP contribution in [0.4, 0.5) is 4.79 Å². The molecule has 1 saturated heterocycles. The molecular formula is C12H23N3O3. The summed E-state index contributed by atoms with van der Waals surface area (Å²) in [4.78, 5) is 26.6. The minimum absolute atomic E-state index is 0.0289. The second kappa shape index (κ2) is 7.20. The Balaban J connectivity index is 2.16. The van der Waals surface area contributed by atoms with Crippen molar-refractivity contribution in [2.45, 2.75) is 13.8 Å². The molecule has 0 radical (unpaired) electrons. The Bertz CT molecular complexity index is 286. The van der Waals surface area contributed by atoms with E-state index < -0.39 is 0 Å². The number of amides is 2. The molecule has 0 aromatic rings. The number of carbonyl (C=O) groups excluding carboxylic acids is 2. The molecule has 0 bridgehead atoms. The first kappa shape index (κ1) is 14.8. The number of piperazine rings is 1. The number of hydrogen-bond acceptors (Lipinski definition) is 4. The summed E-state index contributed by atoms with van der Waals surface area (Å²) in [5.41, 5.74) is 0. The Morgan fingerprint density at radius 2 is 1.83 bits per heavy atom. The van der Waals surface area contributed by atoms with Gasteiger partial charge in [-0.25, -0.2) is 4.79 Å². The summed E-state index contributed by atoms with van der Waals surface area (Å²) in [6, 6.07) is 0. The van der Waals surface area contributed by atoms with Gasteiger partial charge in [0, 0.05) is 45.2 Å². The summed E-state index contributed by atoms with van der Waals surface area (Å²) in [7, 11) is 1.40. The Morgan fingerprint density at radius 3 is 2.33 bits per heavy atom. The second-order valence-corrected chi connectivity index (χ2v) is 4.74. The third-order valence-corrected chi connectivity index (χ3v) is 3.06. The standard InChI is InChI=1S/C12H23N3O3/c1-10(2)11(16)13-4-5-14-6-8-15(9-7-14)12(17)18-3/h10H,4-9H2,1-3H3,(H,13,16). The van der Waals surface area contributed by atoms with E-state index in [0.717, 1.165) is 19.6 Å². The van der Waals surface area contributed by atoms with E-state index in [1.807, 2.05) is 13.8 Å². The van der Waals surface area contributed by atoms with Crippen molar-refractivity contribution in [3.05, 3.63) is 0 Å². The summed E-state index contributed by atoms with van der Waals surface area (Å²) in [5.74, 6) is 0.115. The summed E-state index contributed by atoms with van der Waals surface area (Å²) >= 11 is 0. The first-order chi connectivity index (χ1) is 8.54. The number of carbonyl (C=O) groups is 2. The van der Waals surface area contributed by atoms with Crippen LogP contribution in [0.15, 0.2) is 0 Å². The van der Waals surface area contributed by atoms with Gasteiger partial charge < -0.3 is 15.0 Å². The molecule has 1 aliphatic rings. The van der Waals surface area contributed by atoms with Crippen molar-refractivity contribution in [2.24, 2.45) is 5.92 Å². The molecule has 18 heavy (non-hydrogen) atoms. The molecule has 0 spiro atoms. The van der Waals surface area contributed by atoms with Crippen molar-refractivity contribution < 1.29 is 14.3 Å². The fourth-order valence-electron chi connectivity index (χ4n) is 1.82. The van der Waals surface area contributed by atoms with Gasteiger partial charge in [0.2, 0.25) is 5.91 Å². The average molecular weight is 257 g/mol. The van der Waals surface area contributed by atoms with E-state index in [1.165, 1.54) is 7.11 Å². The van der Waals surface area contributed by atoms with Crippen molar-refractivity contribution in [3.8, 4) is 0 Å². The van der Waals surface area contributed by atoms with Crippen LogP contribution < -0.4 is 5.32 Å². The van der Waals surface area contributed by atoms with Gasteiger partial charge in [0.15, 0.2) is 0 Å². The van der Waals surface area contributed by atoms with Crippen molar-refractivity contribution in [3.63, 3.8) is 0 Å². The lowest BCUT2D eigenvalue weighted by Gasteiger charge is -2.33. The minimum atomic E-state index is -0.261. The van der Waals surface area contributed by atoms with E-state index in [-0.39, 0.29) is 17.9 Å². The molecule has 1 heterocycles. The van der Waals surface area contributed by atoms with Crippen LogP contribution in [-0.2, 0) is 9.53 Å². The molecule has 1 aliphatic heterocycles. The Hall–Kier alpha value is -1.30. The Kier molecular flexibility index (Phi) is 5.91. The number of methoxy groups -OCH3 is 1. The zero-order valence-corrected chi connectivity index (χ0v) is 11.4. The molecular weight excluding hydrogens is 234 g/mol. The molecule has 0 aromatic heterocycles. The zero-order valence-electron chi connectivity index (χ0n) is 11.4. The summed E-state index contributed by atoms with van der Waals surface area (Å²) in [6.45, 7) is 8.27. The molecule has 1 fully saturated rings. The fraction of sp³-hybridized carbons (Fsp3) is 0.833. The van der Waals surface area contributed by atoms with Crippen molar-refractivity contribution in [1.82, 2.24) is 15.1 Å². The average Bonchev–Trinajstić information content (AvgIpc) is 2.38. The molecule has 2 amide bonds. The first-order valence-corrected chi connectivity index (χ1v) is 6.37. The molecule has 6 nitrogen and oxygen atoms in total. The molecule has 0 aromatic carbocycles. The Labute approximate surface area is 108 Å². The highest BCUT2D eigenvalue weighted by molar-refractivity contribution is 5.77. The molecule has 0 saturated carbocycles. The van der Waals surface area contributed by atoms with Gasteiger partial charge in [-0.1, -0.05) is 13.8 Å². The fourth-order valence-corrected chi connectivity index (χ4v) is 1.82. The first-order valence-electron chi connectivity index (χ1n) is 6.37. The molecule has 0 atom stereocenters. The zero-order chi connectivity index (χ0) is 13.5. The molecule has 0 aliphatic carbocycles. The van der Waals surface area contributed by atoms with Crippen LogP contribution in [0.2, 0.25) is 0 Å². The van der Waals surface area contributed by atoms with Crippen LogP contribution in [0.5, 0.6) is 0 Å². The van der Waals surface area contributed by atoms with E-state index in [2.05, 4.69) is 15.0 Å². The van der Waals surface area contributed by atoms with Gasteiger partial charge >= 0.3 is 6.09 Å². The third-order valence-electron chi connectivity index (χ3n) is 3.06. The maximum atomic E-state index is 11.4. The SMILES string of the molecule is COC(=O)N1CCN(CCNC(=O)C(C)C)CC1. The number of nitrogens with zero attached hydrogens (tertiary/aromatic N) is 2. The van der Waals surface area contributed by atoms with E-state index in [4.69, 9.17) is 0 Å². The minimum Gasteiger partial charge on any atom is -0.453 e. The normalized spacial score (nSPS) is 16.8. The lowest BCUT2D eigenvalue weighted by Crippen LogP contribution is -2.50. The highest BCUT2D eigenvalue weighted by Gasteiger charge is 2.21. The van der Waals surface area contributed by atoms with E-state index >= 15 is 0 Å². The molecule has 1 rings (SSSR count). The maximum Gasteiger partial charge on any atom is 0.409 e. The number of ether oxygens (including phenoxy) is 1. The highest BCUT2D eigenvalue weighted by Crippen LogP contribution is 2.02. The summed E-state index contributed by atoms with van der Waals surface area (Å²) < 4.78 is 4.68. The van der Waals surface area contributed by atoms with Crippen LogP contribution in [-0.4, -0.2) is 68.2 Å². The highest BCUT2D eigenvalue weighted by atomic mass is 16.5. The smallest absolute Gasteiger partial charge is 0.409 e. The molecule has 1 N–H and O–H groups in total. The molecule has 0 unspecified atom stereocenters. The van der Waals surface area contributed by atoms with Crippen molar-refractivity contribution in [1.29, 1.82) is 0 Å². The van der Waals surface area contributed by atoms with Gasteiger partial charge in [0.05, 0.1) is 7.11 Å². The van der Waals surface area contributed by atoms with Crippen LogP contribution in [0.25, 0.3) is 0 Å². The lowest BCUT2D eigenvalue weighted by molar-refractivity contribution is -0.124. The van der Waals surface area contributed by atoms with Gasteiger partial charge in [-0.3, -0.25) is 9.69 Å². The van der Waals surface area contributed by atoms with Crippen molar-refractivity contribution >= 4 is 12.0 Å². The van der Waals surface area contributed by atoms with Gasteiger partial charge in [-0.05, 0) is 0 Å². The lowest BCUT2D eigenvalue weighted by atomic mass is 10.2. The quantitative estimate of drug-likeness (QED) is 0.778. The predicted molar refractivity (Wildman–Crippen MR) is 68.3 cm³/mol. The summed E-state index contributed by atoms with van der Waals surface area (Å²) in [6.07, 6.45) is -0.261.